The van der Waals surface area contributed by atoms with Crippen LogP contribution in [0.25, 0.3) is 22.6 Å². The lowest BCUT2D eigenvalue weighted by molar-refractivity contribution is 0.620. The minimum absolute atomic E-state index is 0.645. The van der Waals surface area contributed by atoms with Crippen LogP contribution >= 0.6 is 11.6 Å². The summed E-state index contributed by atoms with van der Waals surface area (Å²) in [5.41, 5.74) is 5.23. The molecule has 0 unspecified atom stereocenters. The topological polar surface area (TPSA) is 38.1 Å². The Balaban J connectivity index is 1.85. The van der Waals surface area contributed by atoms with Crippen molar-refractivity contribution in [1.82, 2.24) is 10.3 Å². The van der Waals surface area contributed by atoms with Crippen LogP contribution in [-0.2, 0) is 13.1 Å². The Morgan fingerprint density at radius 1 is 1.05 bits per heavy atom. The van der Waals surface area contributed by atoms with Crippen LogP contribution in [-0.4, -0.2) is 4.98 Å². The molecular weight excluding hydrogens is 260 g/mol. The predicted molar refractivity (Wildman–Crippen MR) is 75.0 cm³/mol. The second-order valence-corrected chi connectivity index (χ2v) is 5.15. The van der Waals surface area contributed by atoms with Gasteiger partial charge in [-0.1, -0.05) is 17.7 Å². The number of hydrogen-bond acceptors (Lipinski definition) is 3. The van der Waals surface area contributed by atoms with Crippen LogP contribution in [0.2, 0.25) is 5.02 Å². The molecule has 0 aliphatic carbocycles. The Morgan fingerprint density at radius 2 is 1.95 bits per heavy atom. The van der Waals surface area contributed by atoms with Crippen molar-refractivity contribution in [3.8, 4) is 11.5 Å². The molecular formula is C15H11ClN2O. The Bertz CT molecular complexity index is 779. The van der Waals surface area contributed by atoms with E-state index >= 15 is 0 Å². The lowest BCUT2D eigenvalue weighted by Gasteiger charge is -1.99. The van der Waals surface area contributed by atoms with Crippen LogP contribution in [0, 0.1) is 0 Å². The van der Waals surface area contributed by atoms with Gasteiger partial charge in [-0.3, -0.25) is 0 Å². The first kappa shape index (κ1) is 11.0. The van der Waals surface area contributed by atoms with E-state index in [1.54, 1.807) is 6.07 Å². The van der Waals surface area contributed by atoms with Crippen LogP contribution in [0.1, 0.15) is 11.1 Å². The lowest BCUT2D eigenvalue weighted by atomic mass is 10.1. The highest BCUT2D eigenvalue weighted by atomic mass is 35.5. The highest BCUT2D eigenvalue weighted by Gasteiger charge is 2.14. The van der Waals surface area contributed by atoms with Crippen LogP contribution in [0.15, 0.2) is 40.8 Å². The van der Waals surface area contributed by atoms with Crippen LogP contribution in [0.3, 0.4) is 0 Å². The average molecular weight is 271 g/mol. The molecule has 2 heterocycles. The van der Waals surface area contributed by atoms with Gasteiger partial charge in [0.05, 0.1) is 0 Å². The molecule has 3 aromatic rings. The van der Waals surface area contributed by atoms with E-state index in [1.165, 1.54) is 11.1 Å². The van der Waals surface area contributed by atoms with Gasteiger partial charge in [-0.15, -0.1) is 0 Å². The molecule has 0 bridgehead atoms. The fraction of sp³-hybridized carbons (Fsp3) is 0.133. The highest BCUT2D eigenvalue weighted by molar-refractivity contribution is 6.31. The molecule has 0 saturated heterocycles. The first-order chi connectivity index (χ1) is 9.29. The average Bonchev–Trinajstić information content (AvgIpc) is 3.02. The van der Waals surface area contributed by atoms with Gasteiger partial charge in [0.25, 0.3) is 0 Å². The molecule has 2 aromatic carbocycles. The van der Waals surface area contributed by atoms with E-state index in [4.69, 9.17) is 16.0 Å². The maximum atomic E-state index is 5.95. The molecule has 3 nitrogen and oxygen atoms in total. The zero-order valence-corrected chi connectivity index (χ0v) is 10.9. The monoisotopic (exact) mass is 270 g/mol. The van der Waals surface area contributed by atoms with Crippen molar-refractivity contribution in [2.24, 2.45) is 0 Å². The third-order valence-electron chi connectivity index (χ3n) is 3.43. The second-order valence-electron chi connectivity index (χ2n) is 4.72. The van der Waals surface area contributed by atoms with E-state index < -0.39 is 0 Å². The summed E-state index contributed by atoms with van der Waals surface area (Å²) in [5.74, 6) is 0.645. The van der Waals surface area contributed by atoms with Gasteiger partial charge in [0.1, 0.15) is 5.52 Å². The van der Waals surface area contributed by atoms with Crippen molar-refractivity contribution in [2.45, 2.75) is 13.1 Å². The number of oxazole rings is 1. The Morgan fingerprint density at radius 3 is 2.89 bits per heavy atom. The number of nitrogens with zero attached hydrogens (tertiary/aromatic N) is 1. The zero-order chi connectivity index (χ0) is 12.8. The quantitative estimate of drug-likeness (QED) is 0.732. The molecule has 0 radical (unpaired) electrons. The molecule has 1 N–H and O–H groups in total. The fourth-order valence-corrected chi connectivity index (χ4v) is 2.61. The molecule has 4 heteroatoms. The molecule has 1 aliphatic rings. The van der Waals surface area contributed by atoms with Crippen LogP contribution in [0.4, 0.5) is 0 Å². The smallest absolute Gasteiger partial charge is 0.227 e. The largest absolute Gasteiger partial charge is 0.436 e. The lowest BCUT2D eigenvalue weighted by Crippen LogP contribution is -1.99. The molecule has 94 valence electrons. The summed E-state index contributed by atoms with van der Waals surface area (Å²) in [6, 6.07) is 11.8. The first-order valence-corrected chi connectivity index (χ1v) is 6.56. The molecule has 0 fully saturated rings. The van der Waals surface area contributed by atoms with Crippen molar-refractivity contribution in [3.05, 3.63) is 52.5 Å². The minimum atomic E-state index is 0.645. The van der Waals surface area contributed by atoms with E-state index in [0.717, 1.165) is 29.8 Å². The molecule has 1 aromatic heterocycles. The summed E-state index contributed by atoms with van der Waals surface area (Å²) in [6.07, 6.45) is 0. The number of halogens is 1. The summed E-state index contributed by atoms with van der Waals surface area (Å²) in [7, 11) is 0. The number of rotatable bonds is 1. The summed E-state index contributed by atoms with van der Waals surface area (Å²) < 4.78 is 5.78. The van der Waals surface area contributed by atoms with Gasteiger partial charge >= 0.3 is 0 Å². The maximum Gasteiger partial charge on any atom is 0.227 e. The number of nitrogens with one attached hydrogen (secondary N) is 1. The molecule has 1 aliphatic heterocycles. The Labute approximate surface area is 115 Å². The van der Waals surface area contributed by atoms with Crippen molar-refractivity contribution in [3.63, 3.8) is 0 Å². The van der Waals surface area contributed by atoms with Crippen molar-refractivity contribution < 1.29 is 4.42 Å². The van der Waals surface area contributed by atoms with Crippen molar-refractivity contribution in [2.75, 3.05) is 0 Å². The number of benzene rings is 2. The van der Waals surface area contributed by atoms with E-state index in [0.29, 0.717) is 10.9 Å². The first-order valence-electron chi connectivity index (χ1n) is 6.18. The van der Waals surface area contributed by atoms with E-state index in [2.05, 4.69) is 28.5 Å². The van der Waals surface area contributed by atoms with E-state index in [9.17, 15) is 0 Å². The SMILES string of the molecule is Clc1ccc2nc(-c3ccc4c(c3)CNC4)oc2c1. The van der Waals surface area contributed by atoms with Crippen molar-refractivity contribution >= 4 is 22.7 Å². The van der Waals surface area contributed by atoms with E-state index in [1.807, 2.05) is 12.1 Å². The van der Waals surface area contributed by atoms with E-state index in [-0.39, 0.29) is 0 Å². The van der Waals surface area contributed by atoms with Crippen molar-refractivity contribution in [1.29, 1.82) is 0 Å². The summed E-state index contributed by atoms with van der Waals surface area (Å²) in [4.78, 5) is 4.50. The molecule has 0 spiro atoms. The van der Waals surface area contributed by atoms with Gasteiger partial charge in [-0.05, 0) is 35.4 Å². The highest BCUT2D eigenvalue weighted by Crippen LogP contribution is 2.28. The molecule has 0 amide bonds. The maximum absolute atomic E-state index is 5.95. The molecule has 0 saturated carbocycles. The predicted octanol–water partition coefficient (Wildman–Crippen LogP) is 3.75. The van der Waals surface area contributed by atoms with Gasteiger partial charge in [-0.25, -0.2) is 4.98 Å². The van der Waals surface area contributed by atoms with Gasteiger partial charge in [-0.2, -0.15) is 0 Å². The zero-order valence-electron chi connectivity index (χ0n) is 10.1. The fourth-order valence-electron chi connectivity index (χ4n) is 2.45. The van der Waals surface area contributed by atoms with Crippen LogP contribution in [0.5, 0.6) is 0 Å². The Kier molecular flexibility index (Phi) is 2.37. The second kappa shape index (κ2) is 4.08. The molecule has 0 atom stereocenters. The third-order valence-corrected chi connectivity index (χ3v) is 3.67. The minimum Gasteiger partial charge on any atom is -0.436 e. The summed E-state index contributed by atoms with van der Waals surface area (Å²) in [5, 5.41) is 3.99. The van der Waals surface area contributed by atoms with Gasteiger partial charge in [0.15, 0.2) is 5.58 Å². The molecule has 4 rings (SSSR count). The standard InChI is InChI=1S/C15H11ClN2O/c16-12-3-4-13-14(6-12)19-15(18-13)9-1-2-10-7-17-8-11(10)5-9/h1-6,17H,7-8H2. The normalized spacial score (nSPS) is 13.9. The summed E-state index contributed by atoms with van der Waals surface area (Å²) >= 11 is 5.95. The van der Waals surface area contributed by atoms with Gasteiger partial charge in [0.2, 0.25) is 5.89 Å². The van der Waals surface area contributed by atoms with Gasteiger partial charge < -0.3 is 9.73 Å². The van der Waals surface area contributed by atoms with Crippen LogP contribution < -0.4 is 5.32 Å². The third kappa shape index (κ3) is 1.82. The number of aromatic nitrogens is 1. The number of hydrogen-bond donors (Lipinski definition) is 1. The molecule has 19 heavy (non-hydrogen) atoms. The summed E-state index contributed by atoms with van der Waals surface area (Å²) in [6.45, 7) is 1.86. The van der Waals surface area contributed by atoms with Gasteiger partial charge in [0, 0.05) is 29.7 Å². The number of fused-ring (bicyclic) bond motifs is 2. The Hall–Kier alpha value is -1.84.